The third-order valence-electron chi connectivity index (χ3n) is 3.71. The van der Waals surface area contributed by atoms with E-state index in [4.69, 9.17) is 5.73 Å². The minimum absolute atomic E-state index is 0.0367. The molecule has 1 saturated carbocycles. The second kappa shape index (κ2) is 8.51. The predicted molar refractivity (Wildman–Crippen MR) is 71.7 cm³/mol. The first-order valence-electron chi connectivity index (χ1n) is 7.24. The molecule has 17 heavy (non-hydrogen) atoms. The van der Waals surface area contributed by atoms with Gasteiger partial charge in [-0.2, -0.15) is 0 Å². The molecule has 1 unspecified atom stereocenters. The van der Waals surface area contributed by atoms with Crippen LogP contribution in [0.25, 0.3) is 0 Å². The van der Waals surface area contributed by atoms with E-state index in [0.717, 1.165) is 31.7 Å². The second-order valence-electron chi connectivity index (χ2n) is 5.40. The van der Waals surface area contributed by atoms with E-state index in [9.17, 15) is 4.79 Å². The summed E-state index contributed by atoms with van der Waals surface area (Å²) >= 11 is 0. The van der Waals surface area contributed by atoms with E-state index in [0.29, 0.717) is 6.42 Å². The molecule has 0 aromatic heterocycles. The van der Waals surface area contributed by atoms with Crippen molar-refractivity contribution in [1.29, 1.82) is 0 Å². The molecule has 0 spiro atoms. The third-order valence-corrected chi connectivity index (χ3v) is 3.71. The Balaban J connectivity index is 2.03. The van der Waals surface area contributed by atoms with Crippen LogP contribution >= 0.6 is 0 Å². The lowest BCUT2D eigenvalue weighted by Gasteiger charge is -2.21. The SMILES string of the molecule is CCCC(N)CC(=O)NCCC1CCCCC1. The van der Waals surface area contributed by atoms with Gasteiger partial charge in [0.05, 0.1) is 0 Å². The van der Waals surface area contributed by atoms with Crippen molar-refractivity contribution in [3.05, 3.63) is 0 Å². The van der Waals surface area contributed by atoms with Crippen molar-refractivity contribution >= 4 is 5.91 Å². The molecule has 3 heteroatoms. The molecule has 3 nitrogen and oxygen atoms in total. The summed E-state index contributed by atoms with van der Waals surface area (Å²) in [6.07, 6.45) is 10.5. The molecule has 0 aliphatic heterocycles. The Morgan fingerprint density at radius 3 is 2.71 bits per heavy atom. The molecule has 0 bridgehead atoms. The highest BCUT2D eigenvalue weighted by atomic mass is 16.1. The molecular formula is C14H28N2O. The number of amides is 1. The average molecular weight is 240 g/mol. The standard InChI is InChI=1S/C14H28N2O/c1-2-6-13(15)11-14(17)16-10-9-12-7-4-3-5-8-12/h12-13H,2-11,15H2,1H3,(H,16,17). The maximum Gasteiger partial charge on any atom is 0.221 e. The third kappa shape index (κ3) is 6.67. The van der Waals surface area contributed by atoms with E-state index in [1.807, 2.05) is 0 Å². The van der Waals surface area contributed by atoms with Gasteiger partial charge in [-0.3, -0.25) is 4.79 Å². The predicted octanol–water partition coefficient (Wildman–Crippen LogP) is 2.59. The van der Waals surface area contributed by atoms with Crippen molar-refractivity contribution in [3.8, 4) is 0 Å². The fraction of sp³-hybridized carbons (Fsp3) is 0.929. The van der Waals surface area contributed by atoms with Crippen LogP contribution in [0.2, 0.25) is 0 Å². The fourth-order valence-electron chi connectivity index (χ4n) is 2.67. The molecule has 0 saturated heterocycles. The summed E-state index contributed by atoms with van der Waals surface area (Å²) in [4.78, 5) is 11.6. The van der Waals surface area contributed by atoms with Gasteiger partial charge in [-0.1, -0.05) is 45.4 Å². The van der Waals surface area contributed by atoms with E-state index < -0.39 is 0 Å². The number of nitrogens with two attached hydrogens (primary N) is 1. The Labute approximate surface area is 106 Å². The summed E-state index contributed by atoms with van der Waals surface area (Å²) in [5.74, 6) is 0.968. The van der Waals surface area contributed by atoms with Crippen LogP contribution in [-0.2, 0) is 4.79 Å². The lowest BCUT2D eigenvalue weighted by Crippen LogP contribution is -2.32. The number of carbonyl (C=O) groups is 1. The molecule has 1 rings (SSSR count). The molecule has 0 heterocycles. The Bertz CT molecular complexity index is 212. The number of hydrogen-bond acceptors (Lipinski definition) is 2. The van der Waals surface area contributed by atoms with Gasteiger partial charge in [0.1, 0.15) is 0 Å². The van der Waals surface area contributed by atoms with Crippen molar-refractivity contribution in [2.24, 2.45) is 11.7 Å². The van der Waals surface area contributed by atoms with Gasteiger partial charge in [-0.25, -0.2) is 0 Å². The molecule has 1 atom stereocenters. The Morgan fingerprint density at radius 2 is 2.06 bits per heavy atom. The monoisotopic (exact) mass is 240 g/mol. The van der Waals surface area contributed by atoms with E-state index in [1.165, 1.54) is 32.1 Å². The van der Waals surface area contributed by atoms with Crippen LogP contribution in [0.15, 0.2) is 0 Å². The van der Waals surface area contributed by atoms with E-state index in [2.05, 4.69) is 12.2 Å². The minimum atomic E-state index is 0.0367. The van der Waals surface area contributed by atoms with Gasteiger partial charge >= 0.3 is 0 Å². The number of carbonyl (C=O) groups excluding carboxylic acids is 1. The summed E-state index contributed by atoms with van der Waals surface area (Å²) < 4.78 is 0. The summed E-state index contributed by atoms with van der Waals surface area (Å²) in [7, 11) is 0. The van der Waals surface area contributed by atoms with Crippen LogP contribution in [0.1, 0.15) is 64.7 Å². The zero-order valence-corrected chi connectivity index (χ0v) is 11.2. The molecule has 0 aromatic carbocycles. The van der Waals surface area contributed by atoms with Gasteiger partial charge in [0.25, 0.3) is 0 Å². The summed E-state index contributed by atoms with van der Waals surface area (Å²) in [6.45, 7) is 2.93. The van der Waals surface area contributed by atoms with Crippen molar-refractivity contribution < 1.29 is 4.79 Å². The van der Waals surface area contributed by atoms with Gasteiger partial charge in [0, 0.05) is 19.0 Å². The van der Waals surface area contributed by atoms with Crippen molar-refractivity contribution in [2.75, 3.05) is 6.54 Å². The quantitative estimate of drug-likeness (QED) is 0.718. The van der Waals surface area contributed by atoms with Crippen LogP contribution in [0.3, 0.4) is 0 Å². The van der Waals surface area contributed by atoms with Crippen LogP contribution in [0.4, 0.5) is 0 Å². The van der Waals surface area contributed by atoms with Gasteiger partial charge in [-0.15, -0.1) is 0 Å². The first-order valence-corrected chi connectivity index (χ1v) is 7.24. The summed E-state index contributed by atoms with van der Waals surface area (Å²) in [5, 5.41) is 3.00. The van der Waals surface area contributed by atoms with Gasteiger partial charge < -0.3 is 11.1 Å². The zero-order chi connectivity index (χ0) is 12.5. The topological polar surface area (TPSA) is 55.1 Å². The molecule has 0 radical (unpaired) electrons. The van der Waals surface area contributed by atoms with Crippen LogP contribution in [0, 0.1) is 5.92 Å². The highest BCUT2D eigenvalue weighted by Crippen LogP contribution is 2.25. The van der Waals surface area contributed by atoms with Crippen LogP contribution in [0.5, 0.6) is 0 Å². The average Bonchev–Trinajstić information content (AvgIpc) is 2.30. The van der Waals surface area contributed by atoms with Crippen LogP contribution < -0.4 is 11.1 Å². The second-order valence-corrected chi connectivity index (χ2v) is 5.40. The normalized spacial score (nSPS) is 18.9. The maximum atomic E-state index is 11.6. The first kappa shape index (κ1) is 14.5. The van der Waals surface area contributed by atoms with Crippen molar-refractivity contribution in [2.45, 2.75) is 70.8 Å². The first-order chi connectivity index (χ1) is 8.22. The molecule has 1 fully saturated rings. The summed E-state index contributed by atoms with van der Waals surface area (Å²) in [6, 6.07) is 0.0367. The van der Waals surface area contributed by atoms with Crippen molar-refractivity contribution in [3.63, 3.8) is 0 Å². The number of nitrogens with one attached hydrogen (secondary N) is 1. The molecule has 100 valence electrons. The largest absolute Gasteiger partial charge is 0.356 e. The number of hydrogen-bond donors (Lipinski definition) is 2. The Morgan fingerprint density at radius 1 is 1.35 bits per heavy atom. The van der Waals surface area contributed by atoms with E-state index in [-0.39, 0.29) is 11.9 Å². The maximum absolute atomic E-state index is 11.6. The highest BCUT2D eigenvalue weighted by molar-refractivity contribution is 5.76. The minimum Gasteiger partial charge on any atom is -0.356 e. The highest BCUT2D eigenvalue weighted by Gasteiger charge is 2.13. The van der Waals surface area contributed by atoms with E-state index in [1.54, 1.807) is 0 Å². The van der Waals surface area contributed by atoms with Crippen molar-refractivity contribution in [1.82, 2.24) is 5.32 Å². The molecule has 0 aromatic rings. The molecule has 3 N–H and O–H groups in total. The molecular weight excluding hydrogens is 212 g/mol. The molecule has 1 amide bonds. The zero-order valence-electron chi connectivity index (χ0n) is 11.2. The molecule has 1 aliphatic carbocycles. The van der Waals surface area contributed by atoms with Crippen LogP contribution in [-0.4, -0.2) is 18.5 Å². The Hall–Kier alpha value is -0.570. The van der Waals surface area contributed by atoms with Gasteiger partial charge in [-0.05, 0) is 18.8 Å². The fourth-order valence-corrected chi connectivity index (χ4v) is 2.67. The lowest BCUT2D eigenvalue weighted by atomic mass is 9.87. The van der Waals surface area contributed by atoms with E-state index >= 15 is 0 Å². The lowest BCUT2D eigenvalue weighted by molar-refractivity contribution is -0.121. The number of rotatable bonds is 7. The summed E-state index contributed by atoms with van der Waals surface area (Å²) in [5.41, 5.74) is 5.84. The Kier molecular flexibility index (Phi) is 7.25. The van der Waals surface area contributed by atoms with Gasteiger partial charge in [0.2, 0.25) is 5.91 Å². The molecule has 1 aliphatic rings. The smallest absolute Gasteiger partial charge is 0.221 e. The van der Waals surface area contributed by atoms with Gasteiger partial charge in [0.15, 0.2) is 0 Å².